The molecule has 2 aromatic carbocycles. The number of nitrogens with zero attached hydrogens (tertiary/aromatic N) is 1. The van der Waals surface area contributed by atoms with E-state index < -0.39 is 11.9 Å². The predicted octanol–water partition coefficient (Wildman–Crippen LogP) is 3.65. The summed E-state index contributed by atoms with van der Waals surface area (Å²) in [5.74, 6) is 4.99. The summed E-state index contributed by atoms with van der Waals surface area (Å²) in [7, 11) is 0. The molecule has 3 rings (SSSR count). The molecule has 1 heterocycles. The van der Waals surface area contributed by atoms with Gasteiger partial charge in [-0.3, -0.25) is 4.98 Å². The summed E-state index contributed by atoms with van der Waals surface area (Å²) in [6, 6.07) is 16.0. The van der Waals surface area contributed by atoms with Gasteiger partial charge in [-0.2, -0.15) is 0 Å². The Morgan fingerprint density at radius 3 is 2.84 bits per heavy atom. The van der Waals surface area contributed by atoms with E-state index in [2.05, 4.69) is 22.1 Å². The smallest absolute Gasteiger partial charge is 0.408 e. The van der Waals surface area contributed by atoms with E-state index in [-0.39, 0.29) is 18.7 Å². The molecule has 1 amide bonds. The highest BCUT2D eigenvalue weighted by Gasteiger charge is 2.03. The zero-order valence-electron chi connectivity index (χ0n) is 13.3. The molecule has 0 aliphatic heterocycles. The average Bonchev–Trinajstić information content (AvgIpc) is 2.64. The maximum atomic E-state index is 14.0. The number of fused-ring (bicyclic) bond motifs is 1. The fourth-order valence-electron chi connectivity index (χ4n) is 2.22. The summed E-state index contributed by atoms with van der Waals surface area (Å²) in [6.45, 7) is 0.255. The van der Waals surface area contributed by atoms with E-state index >= 15 is 0 Å². The molecular weight excluding hydrogens is 319 g/mol. The molecule has 1 aromatic heterocycles. The van der Waals surface area contributed by atoms with Crippen LogP contribution in [0.4, 0.5) is 9.18 Å². The van der Waals surface area contributed by atoms with Gasteiger partial charge in [-0.05, 0) is 17.7 Å². The predicted molar refractivity (Wildman–Crippen MR) is 93.2 cm³/mol. The summed E-state index contributed by atoms with van der Waals surface area (Å²) >= 11 is 0. The van der Waals surface area contributed by atoms with Crippen LogP contribution >= 0.6 is 0 Å². The van der Waals surface area contributed by atoms with E-state index in [4.69, 9.17) is 4.74 Å². The number of nitrogens with one attached hydrogen (secondary N) is 1. The van der Waals surface area contributed by atoms with Crippen LogP contribution in [0, 0.1) is 17.7 Å². The van der Waals surface area contributed by atoms with Crippen molar-refractivity contribution in [2.45, 2.75) is 6.61 Å². The maximum Gasteiger partial charge on any atom is 0.408 e. The first-order valence-corrected chi connectivity index (χ1v) is 7.70. The van der Waals surface area contributed by atoms with Crippen LogP contribution in [0.15, 0.2) is 60.8 Å². The van der Waals surface area contributed by atoms with Crippen LogP contribution in [0.25, 0.3) is 10.9 Å². The summed E-state index contributed by atoms with van der Waals surface area (Å²) in [5, 5.41) is 3.32. The van der Waals surface area contributed by atoms with Crippen molar-refractivity contribution in [3.05, 3.63) is 77.7 Å². The molecule has 0 saturated heterocycles. The summed E-state index contributed by atoms with van der Waals surface area (Å²) in [4.78, 5) is 15.7. The molecule has 0 aliphatic rings. The highest BCUT2D eigenvalue weighted by atomic mass is 19.1. The van der Waals surface area contributed by atoms with E-state index in [1.807, 2.05) is 36.4 Å². The minimum atomic E-state index is -0.568. The Morgan fingerprint density at radius 1 is 1.16 bits per heavy atom. The summed E-state index contributed by atoms with van der Waals surface area (Å²) in [5.41, 5.74) is 1.74. The first kappa shape index (κ1) is 16.5. The van der Waals surface area contributed by atoms with Crippen molar-refractivity contribution >= 4 is 17.0 Å². The number of rotatable bonds is 3. The van der Waals surface area contributed by atoms with Gasteiger partial charge in [0.2, 0.25) is 0 Å². The van der Waals surface area contributed by atoms with Crippen molar-refractivity contribution in [2.75, 3.05) is 6.54 Å². The van der Waals surface area contributed by atoms with Crippen LogP contribution in [0.3, 0.4) is 0 Å². The van der Waals surface area contributed by atoms with Crippen molar-refractivity contribution in [3.63, 3.8) is 0 Å². The standard InChI is InChI=1S/C20H15FN2O2/c21-18-13-19-17(9-5-10-22-19)12-16(18)8-4-11-23-20(24)25-14-15-6-2-1-3-7-15/h1-3,5-7,9-10,12-13H,11,14H2,(H,23,24). The van der Waals surface area contributed by atoms with E-state index in [1.165, 1.54) is 6.07 Å². The fraction of sp³-hybridized carbons (Fsp3) is 0.100. The van der Waals surface area contributed by atoms with Gasteiger partial charge in [0.15, 0.2) is 0 Å². The number of pyridine rings is 1. The van der Waals surface area contributed by atoms with Gasteiger partial charge in [0.1, 0.15) is 12.4 Å². The third kappa shape index (κ3) is 4.55. The molecule has 0 aliphatic carbocycles. The Bertz CT molecular complexity index is 946. The topological polar surface area (TPSA) is 51.2 Å². The Morgan fingerprint density at radius 2 is 2.00 bits per heavy atom. The molecule has 0 spiro atoms. The highest BCUT2D eigenvalue weighted by Crippen LogP contribution is 2.16. The molecule has 0 saturated carbocycles. The molecule has 0 radical (unpaired) electrons. The lowest BCUT2D eigenvalue weighted by atomic mass is 10.1. The number of amides is 1. The van der Waals surface area contributed by atoms with Gasteiger partial charge < -0.3 is 10.1 Å². The van der Waals surface area contributed by atoms with Crippen LogP contribution in [-0.4, -0.2) is 17.6 Å². The largest absolute Gasteiger partial charge is 0.445 e. The molecule has 0 unspecified atom stereocenters. The van der Waals surface area contributed by atoms with Gasteiger partial charge in [0.25, 0.3) is 0 Å². The molecule has 0 atom stereocenters. The fourth-order valence-corrected chi connectivity index (χ4v) is 2.22. The van der Waals surface area contributed by atoms with E-state index in [0.717, 1.165) is 10.9 Å². The second kappa shape index (κ2) is 7.93. The molecule has 25 heavy (non-hydrogen) atoms. The van der Waals surface area contributed by atoms with Crippen molar-refractivity contribution in [2.24, 2.45) is 0 Å². The number of hydrogen-bond acceptors (Lipinski definition) is 3. The zero-order chi connectivity index (χ0) is 17.5. The van der Waals surface area contributed by atoms with E-state index in [1.54, 1.807) is 18.3 Å². The van der Waals surface area contributed by atoms with Gasteiger partial charge in [0, 0.05) is 17.6 Å². The minimum absolute atomic E-state index is 0.0676. The summed E-state index contributed by atoms with van der Waals surface area (Å²) < 4.78 is 19.0. The number of halogens is 1. The Hall–Kier alpha value is -3.39. The van der Waals surface area contributed by atoms with Gasteiger partial charge in [-0.25, -0.2) is 9.18 Å². The lowest BCUT2D eigenvalue weighted by Crippen LogP contribution is -2.24. The average molecular weight is 334 g/mol. The maximum absolute atomic E-state index is 14.0. The molecule has 0 fully saturated rings. The Labute approximate surface area is 144 Å². The molecule has 5 heteroatoms. The third-order valence-electron chi connectivity index (χ3n) is 3.45. The normalized spacial score (nSPS) is 9.96. The number of alkyl carbamates (subject to hydrolysis) is 1. The number of carbonyl (C=O) groups is 1. The molecule has 4 nitrogen and oxygen atoms in total. The quantitative estimate of drug-likeness (QED) is 0.744. The molecule has 1 N–H and O–H groups in total. The van der Waals surface area contributed by atoms with Gasteiger partial charge in [-0.15, -0.1) is 0 Å². The second-order valence-electron chi connectivity index (χ2n) is 5.25. The Balaban J connectivity index is 1.54. The molecule has 0 bridgehead atoms. The molecule has 124 valence electrons. The van der Waals surface area contributed by atoms with Crippen molar-refractivity contribution in [1.29, 1.82) is 0 Å². The Kier molecular flexibility index (Phi) is 5.22. The number of carbonyl (C=O) groups excluding carboxylic acids is 1. The second-order valence-corrected chi connectivity index (χ2v) is 5.25. The van der Waals surface area contributed by atoms with E-state index in [0.29, 0.717) is 5.52 Å². The van der Waals surface area contributed by atoms with Crippen LogP contribution < -0.4 is 5.32 Å². The number of aromatic nitrogens is 1. The van der Waals surface area contributed by atoms with Crippen molar-refractivity contribution in [1.82, 2.24) is 10.3 Å². The van der Waals surface area contributed by atoms with Crippen LogP contribution in [0.2, 0.25) is 0 Å². The third-order valence-corrected chi connectivity index (χ3v) is 3.45. The van der Waals surface area contributed by atoms with Crippen molar-refractivity contribution in [3.8, 4) is 11.8 Å². The minimum Gasteiger partial charge on any atom is -0.445 e. The SMILES string of the molecule is O=C(NCC#Cc1cc2cccnc2cc1F)OCc1ccccc1. The monoisotopic (exact) mass is 334 g/mol. The number of ether oxygens (including phenoxy) is 1. The first-order chi connectivity index (χ1) is 12.2. The van der Waals surface area contributed by atoms with E-state index in [9.17, 15) is 9.18 Å². The van der Waals surface area contributed by atoms with Gasteiger partial charge >= 0.3 is 6.09 Å². The molecular formula is C20H15FN2O2. The number of hydrogen-bond donors (Lipinski definition) is 1. The summed E-state index contributed by atoms with van der Waals surface area (Å²) in [6.07, 6.45) is 1.04. The van der Waals surface area contributed by atoms with Crippen LogP contribution in [0.5, 0.6) is 0 Å². The van der Waals surface area contributed by atoms with Crippen LogP contribution in [0.1, 0.15) is 11.1 Å². The van der Waals surface area contributed by atoms with Gasteiger partial charge in [0.05, 0.1) is 17.6 Å². The lowest BCUT2D eigenvalue weighted by Gasteiger charge is -2.04. The first-order valence-electron chi connectivity index (χ1n) is 7.70. The van der Waals surface area contributed by atoms with Gasteiger partial charge in [-0.1, -0.05) is 48.2 Å². The zero-order valence-corrected chi connectivity index (χ0v) is 13.3. The molecule has 3 aromatic rings. The number of benzene rings is 2. The van der Waals surface area contributed by atoms with Crippen LogP contribution in [-0.2, 0) is 11.3 Å². The lowest BCUT2D eigenvalue weighted by molar-refractivity contribution is 0.141. The highest BCUT2D eigenvalue weighted by molar-refractivity contribution is 5.80. The van der Waals surface area contributed by atoms with Crippen molar-refractivity contribution < 1.29 is 13.9 Å².